The molecule has 0 spiro atoms. The number of rotatable bonds is 2. The average molecular weight is 316 g/mol. The molecular weight excluding hydrogens is 298 g/mol. The van der Waals surface area contributed by atoms with E-state index in [0.717, 1.165) is 11.1 Å². The van der Waals surface area contributed by atoms with Gasteiger partial charge in [-0.3, -0.25) is 4.79 Å². The van der Waals surface area contributed by atoms with Gasteiger partial charge in [0.1, 0.15) is 11.5 Å². The molecule has 1 aromatic heterocycles. The van der Waals surface area contributed by atoms with Crippen LogP contribution in [0.2, 0.25) is 0 Å². The van der Waals surface area contributed by atoms with Gasteiger partial charge in [-0.1, -0.05) is 15.9 Å². The molecule has 100 valence electrons. The van der Waals surface area contributed by atoms with E-state index in [2.05, 4.69) is 15.9 Å². The van der Waals surface area contributed by atoms with Gasteiger partial charge in [-0.15, -0.1) is 0 Å². The minimum Gasteiger partial charge on any atom is -0.466 e. The number of carbonyl (C=O) groups excluding carboxylic acids is 1. The van der Waals surface area contributed by atoms with Crippen molar-refractivity contribution in [2.75, 3.05) is 18.5 Å². The monoisotopic (exact) mass is 315 g/mol. The number of ether oxygens (including phenoxy) is 1. The van der Waals surface area contributed by atoms with E-state index in [9.17, 15) is 4.79 Å². The standard InChI is InChI=1S/C13H18BrNO3/c1-8-7-17-11(5-14)6-15(8)13(16)12-4-9(2)18-10(12)3/h4,8,11H,5-7H2,1-3H3. The van der Waals surface area contributed by atoms with Crippen molar-refractivity contribution in [2.24, 2.45) is 0 Å². The van der Waals surface area contributed by atoms with Crippen LogP contribution in [0.3, 0.4) is 0 Å². The molecular formula is C13H18BrNO3. The Hall–Kier alpha value is -0.810. The molecule has 0 bridgehead atoms. The van der Waals surface area contributed by atoms with Crippen molar-refractivity contribution in [3.63, 3.8) is 0 Å². The van der Waals surface area contributed by atoms with Crippen LogP contribution >= 0.6 is 15.9 Å². The predicted octanol–water partition coefficient (Wildman–Crippen LogP) is 2.52. The van der Waals surface area contributed by atoms with Crippen LogP contribution in [0.15, 0.2) is 10.5 Å². The van der Waals surface area contributed by atoms with Crippen LogP contribution in [-0.2, 0) is 4.74 Å². The fourth-order valence-corrected chi connectivity index (χ4v) is 2.58. The summed E-state index contributed by atoms with van der Waals surface area (Å²) in [6.45, 7) is 6.89. The maximum atomic E-state index is 12.5. The minimum atomic E-state index is 0.0334. The zero-order valence-corrected chi connectivity index (χ0v) is 12.5. The molecule has 0 saturated carbocycles. The number of amides is 1. The average Bonchev–Trinajstić information content (AvgIpc) is 2.68. The zero-order valence-electron chi connectivity index (χ0n) is 10.9. The first-order valence-electron chi connectivity index (χ1n) is 6.08. The number of hydrogen-bond acceptors (Lipinski definition) is 3. The van der Waals surface area contributed by atoms with Gasteiger partial charge in [0.15, 0.2) is 0 Å². The summed E-state index contributed by atoms with van der Waals surface area (Å²) in [5, 5.41) is 0.743. The van der Waals surface area contributed by atoms with Crippen LogP contribution in [0.5, 0.6) is 0 Å². The molecule has 2 heterocycles. The van der Waals surface area contributed by atoms with Crippen molar-refractivity contribution < 1.29 is 13.9 Å². The minimum absolute atomic E-state index is 0.0334. The first-order chi connectivity index (χ1) is 8.52. The predicted molar refractivity (Wildman–Crippen MR) is 72.2 cm³/mol. The Balaban J connectivity index is 2.19. The van der Waals surface area contributed by atoms with E-state index in [1.54, 1.807) is 0 Å². The lowest BCUT2D eigenvalue weighted by molar-refractivity contribution is -0.0362. The van der Waals surface area contributed by atoms with Crippen LogP contribution < -0.4 is 0 Å². The summed E-state index contributed by atoms with van der Waals surface area (Å²) in [6.07, 6.45) is 0.0680. The molecule has 1 saturated heterocycles. The van der Waals surface area contributed by atoms with Crippen molar-refractivity contribution in [3.05, 3.63) is 23.2 Å². The summed E-state index contributed by atoms with van der Waals surface area (Å²) in [5.41, 5.74) is 0.662. The highest BCUT2D eigenvalue weighted by Gasteiger charge is 2.31. The largest absolute Gasteiger partial charge is 0.466 e. The number of furan rings is 1. The molecule has 1 fully saturated rings. The lowest BCUT2D eigenvalue weighted by Crippen LogP contribution is -2.51. The van der Waals surface area contributed by atoms with E-state index in [-0.39, 0.29) is 18.1 Å². The van der Waals surface area contributed by atoms with Gasteiger partial charge in [0.25, 0.3) is 5.91 Å². The van der Waals surface area contributed by atoms with E-state index >= 15 is 0 Å². The highest BCUT2D eigenvalue weighted by molar-refractivity contribution is 9.09. The van der Waals surface area contributed by atoms with Crippen molar-refractivity contribution >= 4 is 21.8 Å². The lowest BCUT2D eigenvalue weighted by Gasteiger charge is -2.37. The SMILES string of the molecule is Cc1cc(C(=O)N2CC(CBr)OCC2C)c(C)o1. The van der Waals surface area contributed by atoms with E-state index < -0.39 is 0 Å². The molecule has 5 heteroatoms. The van der Waals surface area contributed by atoms with Gasteiger partial charge < -0.3 is 14.1 Å². The van der Waals surface area contributed by atoms with Crippen LogP contribution in [-0.4, -0.2) is 41.4 Å². The third kappa shape index (κ3) is 2.62. The Morgan fingerprint density at radius 3 is 2.83 bits per heavy atom. The van der Waals surface area contributed by atoms with Gasteiger partial charge in [0.05, 0.1) is 24.3 Å². The van der Waals surface area contributed by atoms with E-state index in [1.165, 1.54) is 0 Å². The third-order valence-electron chi connectivity index (χ3n) is 3.21. The first kappa shape index (κ1) is 13.6. The molecule has 0 aromatic carbocycles. The Morgan fingerprint density at radius 2 is 2.28 bits per heavy atom. The van der Waals surface area contributed by atoms with Gasteiger partial charge in [-0.2, -0.15) is 0 Å². The molecule has 0 N–H and O–H groups in total. The van der Waals surface area contributed by atoms with Gasteiger partial charge in [-0.05, 0) is 26.8 Å². The molecule has 4 nitrogen and oxygen atoms in total. The molecule has 1 aromatic rings. The van der Waals surface area contributed by atoms with Crippen LogP contribution in [0.4, 0.5) is 0 Å². The molecule has 1 amide bonds. The second kappa shape index (κ2) is 5.45. The van der Waals surface area contributed by atoms with Gasteiger partial charge in [0.2, 0.25) is 0 Å². The number of hydrogen-bond donors (Lipinski definition) is 0. The van der Waals surface area contributed by atoms with E-state index in [1.807, 2.05) is 31.7 Å². The maximum Gasteiger partial charge on any atom is 0.257 e. The van der Waals surface area contributed by atoms with Crippen LogP contribution in [0, 0.1) is 13.8 Å². The zero-order chi connectivity index (χ0) is 13.3. The summed E-state index contributed by atoms with van der Waals surface area (Å²) in [6, 6.07) is 1.91. The van der Waals surface area contributed by atoms with Gasteiger partial charge >= 0.3 is 0 Å². The summed E-state index contributed by atoms with van der Waals surface area (Å²) in [7, 11) is 0. The second-order valence-electron chi connectivity index (χ2n) is 4.74. The fraction of sp³-hybridized carbons (Fsp3) is 0.615. The van der Waals surface area contributed by atoms with Gasteiger partial charge in [0, 0.05) is 11.9 Å². The quantitative estimate of drug-likeness (QED) is 0.788. The topological polar surface area (TPSA) is 42.7 Å². The summed E-state index contributed by atoms with van der Waals surface area (Å²) < 4.78 is 11.1. The molecule has 1 aliphatic heterocycles. The lowest BCUT2D eigenvalue weighted by atomic mass is 10.1. The van der Waals surface area contributed by atoms with Crippen LogP contribution in [0.1, 0.15) is 28.8 Å². The highest BCUT2D eigenvalue weighted by atomic mass is 79.9. The van der Waals surface area contributed by atoms with Crippen molar-refractivity contribution in [3.8, 4) is 0 Å². The third-order valence-corrected chi connectivity index (χ3v) is 3.93. The molecule has 0 radical (unpaired) electrons. The summed E-state index contributed by atoms with van der Waals surface area (Å²) in [4.78, 5) is 14.4. The Morgan fingerprint density at radius 1 is 1.56 bits per heavy atom. The number of morpholine rings is 1. The number of halogens is 1. The van der Waals surface area contributed by atoms with E-state index in [4.69, 9.17) is 9.15 Å². The normalized spacial score (nSPS) is 24.3. The first-order valence-corrected chi connectivity index (χ1v) is 7.20. The summed E-state index contributed by atoms with van der Waals surface area (Å²) >= 11 is 3.40. The number of carbonyl (C=O) groups is 1. The molecule has 2 atom stereocenters. The number of alkyl halides is 1. The molecule has 2 rings (SSSR count). The van der Waals surface area contributed by atoms with Crippen LogP contribution in [0.25, 0.3) is 0 Å². The molecule has 0 aliphatic carbocycles. The Labute approximate surface area is 115 Å². The Bertz CT molecular complexity index is 443. The maximum absolute atomic E-state index is 12.5. The van der Waals surface area contributed by atoms with Gasteiger partial charge in [-0.25, -0.2) is 0 Å². The fourth-order valence-electron chi connectivity index (χ4n) is 2.19. The van der Waals surface area contributed by atoms with Crippen molar-refractivity contribution in [2.45, 2.75) is 32.9 Å². The van der Waals surface area contributed by atoms with E-state index in [0.29, 0.717) is 24.5 Å². The highest BCUT2D eigenvalue weighted by Crippen LogP contribution is 2.20. The van der Waals surface area contributed by atoms with Crippen molar-refractivity contribution in [1.29, 1.82) is 0 Å². The molecule has 2 unspecified atom stereocenters. The number of aryl methyl sites for hydroxylation is 2. The second-order valence-corrected chi connectivity index (χ2v) is 5.39. The smallest absolute Gasteiger partial charge is 0.257 e. The summed E-state index contributed by atoms with van der Waals surface area (Å²) in [5.74, 6) is 1.49. The Kier molecular flexibility index (Phi) is 4.12. The number of nitrogens with zero attached hydrogens (tertiary/aromatic N) is 1. The van der Waals surface area contributed by atoms with Crippen molar-refractivity contribution in [1.82, 2.24) is 4.90 Å². The molecule has 1 aliphatic rings. The molecule has 18 heavy (non-hydrogen) atoms.